The van der Waals surface area contributed by atoms with Crippen LogP contribution in [0.15, 0.2) is 24.5 Å². The summed E-state index contributed by atoms with van der Waals surface area (Å²) < 4.78 is 5.42. The van der Waals surface area contributed by atoms with Crippen LogP contribution in [0.2, 0.25) is 0 Å². The molecular formula is C19H27N3O2. The number of carbonyl (C=O) groups is 1. The highest BCUT2D eigenvalue weighted by Crippen LogP contribution is 2.48. The molecule has 2 saturated heterocycles. The van der Waals surface area contributed by atoms with Crippen molar-refractivity contribution < 1.29 is 9.53 Å². The third kappa shape index (κ3) is 3.62. The number of rotatable bonds is 4. The van der Waals surface area contributed by atoms with E-state index in [9.17, 15) is 4.79 Å². The van der Waals surface area contributed by atoms with Crippen molar-refractivity contribution in [3.05, 3.63) is 30.1 Å². The molecule has 3 fully saturated rings. The maximum absolute atomic E-state index is 12.7. The third-order valence-corrected chi connectivity index (χ3v) is 5.77. The lowest BCUT2D eigenvalue weighted by Crippen LogP contribution is -2.44. The van der Waals surface area contributed by atoms with Crippen LogP contribution >= 0.6 is 0 Å². The van der Waals surface area contributed by atoms with Gasteiger partial charge in [0.2, 0.25) is 5.91 Å². The van der Waals surface area contributed by atoms with Crippen LogP contribution < -0.4 is 0 Å². The van der Waals surface area contributed by atoms with Gasteiger partial charge in [0.15, 0.2) is 0 Å². The van der Waals surface area contributed by atoms with Gasteiger partial charge in [0, 0.05) is 51.0 Å². The minimum atomic E-state index is 0.199. The second-order valence-electron chi connectivity index (χ2n) is 7.42. The maximum atomic E-state index is 12.7. The van der Waals surface area contributed by atoms with Crippen molar-refractivity contribution in [2.75, 3.05) is 45.9 Å². The molecule has 1 saturated carbocycles. The standard InChI is InChI=1S/C19H27N3O2/c23-19(18-12-17(18)16-2-1-5-20-13-16)22-6-3-15(4-7-22)14-21-8-10-24-11-9-21/h1-2,5,13,15,17-18H,3-4,6-12,14H2/t17-,18-/m0/s1. The summed E-state index contributed by atoms with van der Waals surface area (Å²) in [4.78, 5) is 21.5. The lowest BCUT2D eigenvalue weighted by Gasteiger charge is -2.36. The molecule has 3 aliphatic rings. The van der Waals surface area contributed by atoms with Crippen LogP contribution in [0.3, 0.4) is 0 Å². The van der Waals surface area contributed by atoms with Gasteiger partial charge in [0.25, 0.3) is 0 Å². The fourth-order valence-electron chi connectivity index (χ4n) is 4.15. The summed E-state index contributed by atoms with van der Waals surface area (Å²) in [6.45, 7) is 6.91. The highest BCUT2D eigenvalue weighted by Gasteiger charge is 2.46. The van der Waals surface area contributed by atoms with Crippen LogP contribution in [0.25, 0.3) is 0 Å². The maximum Gasteiger partial charge on any atom is 0.226 e. The van der Waals surface area contributed by atoms with Crippen LogP contribution in [-0.4, -0.2) is 66.6 Å². The van der Waals surface area contributed by atoms with E-state index in [-0.39, 0.29) is 5.92 Å². The molecule has 24 heavy (non-hydrogen) atoms. The average Bonchev–Trinajstić information content (AvgIpc) is 3.44. The smallest absolute Gasteiger partial charge is 0.226 e. The first kappa shape index (κ1) is 16.0. The lowest BCUT2D eigenvalue weighted by molar-refractivity contribution is -0.134. The first-order chi connectivity index (χ1) is 11.8. The number of amides is 1. The summed E-state index contributed by atoms with van der Waals surface area (Å²) in [6, 6.07) is 4.06. The zero-order valence-electron chi connectivity index (χ0n) is 14.3. The van der Waals surface area contributed by atoms with Crippen molar-refractivity contribution in [2.24, 2.45) is 11.8 Å². The minimum Gasteiger partial charge on any atom is -0.379 e. The number of nitrogens with zero attached hydrogens (tertiary/aromatic N) is 3. The molecule has 1 aromatic heterocycles. The van der Waals surface area contributed by atoms with Crippen molar-refractivity contribution in [3.8, 4) is 0 Å². The molecule has 0 aromatic carbocycles. The summed E-state index contributed by atoms with van der Waals surface area (Å²) in [5.41, 5.74) is 1.22. The molecule has 0 N–H and O–H groups in total. The van der Waals surface area contributed by atoms with E-state index in [0.29, 0.717) is 11.8 Å². The summed E-state index contributed by atoms with van der Waals surface area (Å²) >= 11 is 0. The highest BCUT2D eigenvalue weighted by atomic mass is 16.5. The molecule has 0 spiro atoms. The van der Waals surface area contributed by atoms with Gasteiger partial charge in [-0.3, -0.25) is 14.7 Å². The first-order valence-electron chi connectivity index (χ1n) is 9.30. The average molecular weight is 329 g/mol. The van der Waals surface area contributed by atoms with Gasteiger partial charge >= 0.3 is 0 Å². The van der Waals surface area contributed by atoms with Gasteiger partial charge in [-0.05, 0) is 42.7 Å². The van der Waals surface area contributed by atoms with E-state index >= 15 is 0 Å². The number of hydrogen-bond acceptors (Lipinski definition) is 4. The van der Waals surface area contributed by atoms with Gasteiger partial charge < -0.3 is 9.64 Å². The number of likely N-dealkylation sites (tertiary alicyclic amines) is 1. The molecule has 0 bridgehead atoms. The second kappa shape index (κ2) is 7.19. The van der Waals surface area contributed by atoms with Crippen molar-refractivity contribution >= 4 is 5.91 Å². The van der Waals surface area contributed by atoms with Crippen molar-refractivity contribution in [3.63, 3.8) is 0 Å². The van der Waals surface area contributed by atoms with Crippen molar-refractivity contribution in [1.82, 2.24) is 14.8 Å². The van der Waals surface area contributed by atoms with E-state index in [4.69, 9.17) is 4.74 Å². The fourth-order valence-corrected chi connectivity index (χ4v) is 4.15. The number of ether oxygens (including phenoxy) is 1. The van der Waals surface area contributed by atoms with E-state index in [1.165, 1.54) is 12.1 Å². The van der Waals surface area contributed by atoms with Gasteiger partial charge in [0.05, 0.1) is 13.2 Å². The molecule has 1 aliphatic carbocycles. The Labute approximate surface area is 144 Å². The molecule has 1 amide bonds. The Morgan fingerprint density at radius 3 is 2.71 bits per heavy atom. The van der Waals surface area contributed by atoms with E-state index in [1.807, 2.05) is 12.3 Å². The van der Waals surface area contributed by atoms with E-state index in [1.54, 1.807) is 6.20 Å². The summed E-state index contributed by atoms with van der Waals surface area (Å²) in [5, 5.41) is 0. The van der Waals surface area contributed by atoms with Crippen LogP contribution in [0, 0.1) is 11.8 Å². The molecule has 1 aromatic rings. The minimum absolute atomic E-state index is 0.199. The molecule has 3 heterocycles. The van der Waals surface area contributed by atoms with Gasteiger partial charge in [-0.2, -0.15) is 0 Å². The molecule has 2 aliphatic heterocycles. The summed E-state index contributed by atoms with van der Waals surface area (Å²) in [6.07, 6.45) is 6.99. The van der Waals surface area contributed by atoms with Gasteiger partial charge in [-0.25, -0.2) is 0 Å². The Morgan fingerprint density at radius 2 is 2.00 bits per heavy atom. The van der Waals surface area contributed by atoms with Gasteiger partial charge in [0.1, 0.15) is 0 Å². The normalized spacial score (nSPS) is 28.8. The van der Waals surface area contributed by atoms with E-state index in [0.717, 1.165) is 64.6 Å². The second-order valence-corrected chi connectivity index (χ2v) is 7.42. The lowest BCUT2D eigenvalue weighted by atomic mass is 9.95. The van der Waals surface area contributed by atoms with Crippen LogP contribution in [0.5, 0.6) is 0 Å². The summed E-state index contributed by atoms with van der Waals surface area (Å²) in [5.74, 6) is 1.71. The quantitative estimate of drug-likeness (QED) is 0.844. The van der Waals surface area contributed by atoms with Gasteiger partial charge in [-0.1, -0.05) is 6.07 Å². The number of carbonyl (C=O) groups excluding carboxylic acids is 1. The van der Waals surface area contributed by atoms with E-state index < -0.39 is 0 Å². The third-order valence-electron chi connectivity index (χ3n) is 5.77. The van der Waals surface area contributed by atoms with Crippen molar-refractivity contribution in [1.29, 1.82) is 0 Å². The molecule has 5 nitrogen and oxygen atoms in total. The van der Waals surface area contributed by atoms with Crippen LogP contribution in [-0.2, 0) is 9.53 Å². The molecule has 4 rings (SSSR count). The molecule has 5 heteroatoms. The molecular weight excluding hydrogens is 302 g/mol. The monoisotopic (exact) mass is 329 g/mol. The molecule has 0 unspecified atom stereocenters. The number of aromatic nitrogens is 1. The Bertz CT molecular complexity index is 551. The van der Waals surface area contributed by atoms with Crippen molar-refractivity contribution in [2.45, 2.75) is 25.2 Å². The number of pyridine rings is 1. The number of morpholine rings is 1. The Hall–Kier alpha value is -1.46. The molecule has 2 atom stereocenters. The van der Waals surface area contributed by atoms with E-state index in [2.05, 4.69) is 20.9 Å². The zero-order chi connectivity index (χ0) is 16.4. The highest BCUT2D eigenvalue weighted by molar-refractivity contribution is 5.83. The van der Waals surface area contributed by atoms with Crippen LogP contribution in [0.1, 0.15) is 30.7 Å². The molecule has 0 radical (unpaired) electrons. The largest absolute Gasteiger partial charge is 0.379 e. The number of piperidine rings is 1. The topological polar surface area (TPSA) is 45.7 Å². The number of hydrogen-bond donors (Lipinski definition) is 0. The van der Waals surface area contributed by atoms with Gasteiger partial charge in [-0.15, -0.1) is 0 Å². The van der Waals surface area contributed by atoms with Crippen LogP contribution in [0.4, 0.5) is 0 Å². The molecule has 130 valence electrons. The predicted octanol–water partition coefficient (Wildman–Crippen LogP) is 1.76. The Kier molecular flexibility index (Phi) is 4.81. The fraction of sp³-hybridized carbons (Fsp3) is 0.684. The Morgan fingerprint density at radius 1 is 1.21 bits per heavy atom. The summed E-state index contributed by atoms with van der Waals surface area (Å²) in [7, 11) is 0. The predicted molar refractivity (Wildman–Crippen MR) is 91.6 cm³/mol. The SMILES string of the molecule is O=C([C@H]1C[C@H]1c1cccnc1)N1CCC(CN2CCOCC2)CC1. The zero-order valence-corrected chi connectivity index (χ0v) is 14.3. The Balaban J connectivity index is 1.23. The first-order valence-corrected chi connectivity index (χ1v) is 9.30.